The second-order valence-electron chi connectivity index (χ2n) is 8.27. The number of aliphatic hydroxyl groups is 2. The molecule has 0 spiro atoms. The fourth-order valence-corrected chi connectivity index (χ4v) is 3.95. The highest BCUT2D eigenvalue weighted by Gasteiger charge is 2.20. The third kappa shape index (κ3) is 6.32. The van der Waals surface area contributed by atoms with E-state index in [1.54, 1.807) is 24.4 Å². The lowest BCUT2D eigenvalue weighted by Gasteiger charge is -2.15. The number of hydrogen-bond donors (Lipinski definition) is 3. The quantitative estimate of drug-likeness (QED) is 0.368. The summed E-state index contributed by atoms with van der Waals surface area (Å²) in [5.41, 5.74) is 4.34. The molecule has 2 atom stereocenters. The van der Waals surface area contributed by atoms with Gasteiger partial charge in [-0.25, -0.2) is 4.39 Å². The first-order chi connectivity index (χ1) is 15.7. The van der Waals surface area contributed by atoms with Crippen LogP contribution in [0, 0.1) is 5.82 Å². The van der Waals surface area contributed by atoms with Crippen molar-refractivity contribution in [3.05, 3.63) is 77.2 Å². The number of aromatic nitrogens is 1. The largest absolute Gasteiger partial charge is 0.481 e. The number of benzene rings is 2. The van der Waals surface area contributed by atoms with Crippen LogP contribution in [0.4, 0.5) is 4.39 Å². The molecule has 0 radical (unpaired) electrons. The molecule has 33 heavy (non-hydrogen) atoms. The number of rotatable bonds is 9. The molecule has 0 aliphatic carbocycles. The monoisotopic (exact) mass is 471 g/mol. The van der Waals surface area contributed by atoms with Crippen molar-refractivity contribution in [2.24, 2.45) is 0 Å². The van der Waals surface area contributed by atoms with Crippen LogP contribution < -0.4 is 0 Å². The van der Waals surface area contributed by atoms with Gasteiger partial charge in [-0.15, -0.1) is 0 Å². The molecule has 7 heteroatoms. The highest BCUT2D eigenvalue weighted by atomic mass is 35.5. The predicted octanol–water partition coefficient (Wildman–Crippen LogP) is 5.80. The van der Waals surface area contributed by atoms with Crippen LogP contribution in [-0.2, 0) is 4.79 Å². The molecular weight excluding hydrogens is 445 g/mol. The van der Waals surface area contributed by atoms with E-state index in [0.717, 1.165) is 28.1 Å². The maximum Gasteiger partial charge on any atom is 0.305 e. The zero-order valence-corrected chi connectivity index (χ0v) is 19.2. The highest BCUT2D eigenvalue weighted by molar-refractivity contribution is 6.30. The first kappa shape index (κ1) is 24.7. The fraction of sp³-hybridized carbons (Fsp3) is 0.269. The molecular formula is C26H27ClFNO4. The Balaban J connectivity index is 2.11. The zero-order valence-electron chi connectivity index (χ0n) is 18.5. The van der Waals surface area contributed by atoms with Gasteiger partial charge in [0.05, 0.1) is 24.3 Å². The summed E-state index contributed by atoms with van der Waals surface area (Å²) in [5.74, 6) is -1.35. The van der Waals surface area contributed by atoms with Crippen LogP contribution in [0.2, 0.25) is 5.02 Å². The van der Waals surface area contributed by atoms with E-state index in [2.05, 4.69) is 0 Å². The van der Waals surface area contributed by atoms with Gasteiger partial charge in [-0.3, -0.25) is 4.79 Å². The Morgan fingerprint density at radius 2 is 1.79 bits per heavy atom. The zero-order chi connectivity index (χ0) is 24.1. The molecule has 3 aromatic rings. The second kappa shape index (κ2) is 10.8. The van der Waals surface area contributed by atoms with Crippen molar-refractivity contribution in [2.75, 3.05) is 0 Å². The van der Waals surface area contributed by atoms with Gasteiger partial charge in [0, 0.05) is 28.9 Å². The number of carbonyl (C=O) groups is 1. The van der Waals surface area contributed by atoms with E-state index in [9.17, 15) is 19.4 Å². The van der Waals surface area contributed by atoms with E-state index in [1.165, 1.54) is 18.2 Å². The number of carboxylic acid groups (broad SMARTS) is 1. The van der Waals surface area contributed by atoms with E-state index < -0.39 is 24.6 Å². The lowest BCUT2D eigenvalue weighted by atomic mass is 10.0. The van der Waals surface area contributed by atoms with Crippen molar-refractivity contribution in [3.8, 4) is 22.4 Å². The molecule has 0 amide bonds. The summed E-state index contributed by atoms with van der Waals surface area (Å²) < 4.78 is 15.6. The first-order valence-electron chi connectivity index (χ1n) is 10.7. The second-order valence-corrected chi connectivity index (χ2v) is 8.71. The summed E-state index contributed by atoms with van der Waals surface area (Å²) in [4.78, 5) is 10.8. The molecule has 5 nitrogen and oxygen atoms in total. The van der Waals surface area contributed by atoms with Gasteiger partial charge < -0.3 is 19.9 Å². The van der Waals surface area contributed by atoms with Crippen molar-refractivity contribution in [3.63, 3.8) is 0 Å². The van der Waals surface area contributed by atoms with Crippen molar-refractivity contribution >= 4 is 23.8 Å². The average Bonchev–Trinajstić information content (AvgIpc) is 3.12. The molecule has 0 aliphatic heterocycles. The Hall–Kier alpha value is -2.93. The summed E-state index contributed by atoms with van der Waals surface area (Å²) in [6, 6.07) is 15.7. The number of nitrogens with zero attached hydrogens (tertiary/aromatic N) is 1. The number of hydrogen-bond acceptors (Lipinski definition) is 3. The Morgan fingerprint density at radius 3 is 2.39 bits per heavy atom. The Kier molecular flexibility index (Phi) is 8.08. The number of aliphatic hydroxyl groups excluding tert-OH is 2. The van der Waals surface area contributed by atoms with Gasteiger partial charge in [0.2, 0.25) is 0 Å². The molecule has 2 aromatic carbocycles. The Morgan fingerprint density at radius 1 is 1.09 bits per heavy atom. The fourth-order valence-electron chi connectivity index (χ4n) is 3.76. The van der Waals surface area contributed by atoms with Crippen molar-refractivity contribution in [2.45, 2.75) is 44.8 Å². The van der Waals surface area contributed by atoms with Gasteiger partial charge in [0.1, 0.15) is 5.82 Å². The van der Waals surface area contributed by atoms with E-state index in [1.807, 2.05) is 42.7 Å². The minimum atomic E-state index is -1.16. The molecule has 0 bridgehead atoms. The molecule has 0 saturated carbocycles. The molecule has 3 N–H and O–H groups in total. The van der Waals surface area contributed by atoms with Crippen molar-refractivity contribution in [1.29, 1.82) is 0 Å². The summed E-state index contributed by atoms with van der Waals surface area (Å²) in [6.45, 7) is 4.09. The van der Waals surface area contributed by atoms with Crippen molar-refractivity contribution in [1.82, 2.24) is 4.57 Å². The summed E-state index contributed by atoms with van der Waals surface area (Å²) in [5, 5.41) is 29.6. The van der Waals surface area contributed by atoms with Crippen LogP contribution >= 0.6 is 11.6 Å². The predicted molar refractivity (Wildman–Crippen MR) is 129 cm³/mol. The van der Waals surface area contributed by atoms with Crippen LogP contribution in [0.5, 0.6) is 0 Å². The van der Waals surface area contributed by atoms with Gasteiger partial charge in [-0.1, -0.05) is 37.6 Å². The minimum Gasteiger partial charge on any atom is -0.481 e. The van der Waals surface area contributed by atoms with Gasteiger partial charge in [0.15, 0.2) is 0 Å². The van der Waals surface area contributed by atoms with E-state index in [-0.39, 0.29) is 18.2 Å². The molecule has 1 aromatic heterocycles. The Labute approximate surface area is 197 Å². The van der Waals surface area contributed by atoms with Gasteiger partial charge >= 0.3 is 5.97 Å². The van der Waals surface area contributed by atoms with Crippen LogP contribution in [0.25, 0.3) is 28.6 Å². The minimum absolute atomic E-state index is 0.103. The molecule has 1 heterocycles. The lowest BCUT2D eigenvalue weighted by molar-refractivity contribution is -0.139. The standard InChI is InChI=1S/C26H27ClFNO4/c1-16(2)24-15-23(18-4-3-5-19(27)12-18)26(17-6-8-20(28)9-7-17)29(24)11-10-21(30)13-22(31)14-25(32)33/h3-12,15-16,21-22,30-31H,13-14H2,1-2H3,(H,32,33)/b11-10+/t21-,22-/m1/s1. The molecule has 0 fully saturated rings. The van der Waals surface area contributed by atoms with Gasteiger partial charge in [0.25, 0.3) is 0 Å². The Bertz CT molecular complexity index is 1140. The third-order valence-corrected chi connectivity index (χ3v) is 5.53. The third-order valence-electron chi connectivity index (χ3n) is 5.29. The maximum absolute atomic E-state index is 13.6. The first-order valence-corrected chi connectivity index (χ1v) is 11.1. The van der Waals surface area contributed by atoms with Gasteiger partial charge in [-0.05, 0) is 65.6 Å². The molecule has 0 aliphatic rings. The highest BCUT2D eigenvalue weighted by Crippen LogP contribution is 2.38. The normalized spacial score (nSPS) is 13.5. The smallest absolute Gasteiger partial charge is 0.305 e. The molecule has 0 saturated heterocycles. The van der Waals surface area contributed by atoms with Crippen LogP contribution in [0.15, 0.2) is 60.7 Å². The van der Waals surface area contributed by atoms with Gasteiger partial charge in [-0.2, -0.15) is 0 Å². The number of halogens is 2. The van der Waals surface area contributed by atoms with Crippen LogP contribution in [-0.4, -0.2) is 38.1 Å². The van der Waals surface area contributed by atoms with Crippen LogP contribution in [0.1, 0.15) is 38.3 Å². The van der Waals surface area contributed by atoms with E-state index in [4.69, 9.17) is 16.7 Å². The number of carboxylic acids is 1. The molecule has 0 unspecified atom stereocenters. The molecule has 3 rings (SSSR count). The topological polar surface area (TPSA) is 82.7 Å². The average molecular weight is 472 g/mol. The summed E-state index contributed by atoms with van der Waals surface area (Å²) in [7, 11) is 0. The van der Waals surface area contributed by atoms with Crippen molar-refractivity contribution < 1.29 is 24.5 Å². The maximum atomic E-state index is 13.6. The van der Waals surface area contributed by atoms with E-state index in [0.29, 0.717) is 5.02 Å². The molecule has 174 valence electrons. The summed E-state index contributed by atoms with van der Waals surface area (Å²) >= 11 is 6.24. The SMILES string of the molecule is CC(C)c1cc(-c2cccc(Cl)c2)c(-c2ccc(F)cc2)n1/C=C/[C@@H](O)C[C@@H](O)CC(=O)O. The van der Waals surface area contributed by atoms with Crippen LogP contribution in [0.3, 0.4) is 0 Å². The summed E-state index contributed by atoms with van der Waals surface area (Å²) in [6.07, 6.45) is 0.485. The lowest BCUT2D eigenvalue weighted by Crippen LogP contribution is -2.19. The van der Waals surface area contributed by atoms with E-state index >= 15 is 0 Å². The number of aliphatic carboxylic acids is 1.